The van der Waals surface area contributed by atoms with Gasteiger partial charge in [-0.3, -0.25) is 4.79 Å². The van der Waals surface area contributed by atoms with Crippen molar-refractivity contribution in [3.05, 3.63) is 47.8 Å². The van der Waals surface area contributed by atoms with Crippen molar-refractivity contribution in [3.63, 3.8) is 0 Å². The summed E-state index contributed by atoms with van der Waals surface area (Å²) in [5, 5.41) is 4.45. The molecule has 19 heavy (non-hydrogen) atoms. The van der Waals surface area contributed by atoms with Gasteiger partial charge in [0.2, 0.25) is 0 Å². The molecule has 0 saturated heterocycles. The molecule has 3 nitrogen and oxygen atoms in total. The van der Waals surface area contributed by atoms with Crippen LogP contribution in [0.5, 0.6) is 0 Å². The second kappa shape index (κ2) is 4.39. The second-order valence-corrected chi connectivity index (χ2v) is 4.31. The van der Waals surface area contributed by atoms with Crippen LogP contribution in [-0.2, 0) is 0 Å². The molecule has 1 heterocycles. The molecule has 0 fully saturated rings. The Kier molecular flexibility index (Phi) is 2.71. The standard InChI is InChI=1S/C15H12FNO2/c1-2-17-15(18)9-3-5-11-12-6-4-10(16)8-14(12)19-13(11)7-9/h3-8H,2H2,1H3,(H,17,18). The predicted octanol–water partition coefficient (Wildman–Crippen LogP) is 3.47. The first kappa shape index (κ1) is 11.7. The molecule has 0 bridgehead atoms. The Morgan fingerprint density at radius 3 is 2.58 bits per heavy atom. The molecule has 0 atom stereocenters. The maximum absolute atomic E-state index is 13.1. The van der Waals surface area contributed by atoms with Crippen LogP contribution >= 0.6 is 0 Å². The van der Waals surface area contributed by atoms with Crippen LogP contribution in [-0.4, -0.2) is 12.5 Å². The third-order valence-electron chi connectivity index (χ3n) is 3.03. The Morgan fingerprint density at radius 1 is 1.16 bits per heavy atom. The lowest BCUT2D eigenvalue weighted by Crippen LogP contribution is -2.22. The third kappa shape index (κ3) is 1.95. The Hall–Kier alpha value is -2.36. The lowest BCUT2D eigenvalue weighted by atomic mass is 10.1. The van der Waals surface area contributed by atoms with Gasteiger partial charge in [0, 0.05) is 28.9 Å². The van der Waals surface area contributed by atoms with Crippen LogP contribution in [0.25, 0.3) is 21.9 Å². The Bertz CT molecular complexity index is 776. The molecule has 0 unspecified atom stereocenters. The summed E-state index contributed by atoms with van der Waals surface area (Å²) < 4.78 is 18.7. The average Bonchev–Trinajstić information content (AvgIpc) is 2.75. The highest BCUT2D eigenvalue weighted by Crippen LogP contribution is 2.29. The lowest BCUT2D eigenvalue weighted by Gasteiger charge is -2.01. The van der Waals surface area contributed by atoms with E-state index < -0.39 is 0 Å². The first-order valence-electron chi connectivity index (χ1n) is 6.09. The van der Waals surface area contributed by atoms with E-state index in [0.717, 1.165) is 10.8 Å². The summed E-state index contributed by atoms with van der Waals surface area (Å²) in [5.41, 5.74) is 1.61. The van der Waals surface area contributed by atoms with Gasteiger partial charge in [-0.15, -0.1) is 0 Å². The fourth-order valence-electron chi connectivity index (χ4n) is 2.15. The van der Waals surface area contributed by atoms with Gasteiger partial charge in [-0.05, 0) is 37.3 Å². The van der Waals surface area contributed by atoms with E-state index in [4.69, 9.17) is 4.42 Å². The van der Waals surface area contributed by atoms with Crippen molar-refractivity contribution in [1.29, 1.82) is 0 Å². The van der Waals surface area contributed by atoms with Gasteiger partial charge in [0.15, 0.2) is 0 Å². The van der Waals surface area contributed by atoms with Gasteiger partial charge in [-0.1, -0.05) is 0 Å². The third-order valence-corrected chi connectivity index (χ3v) is 3.03. The predicted molar refractivity (Wildman–Crippen MR) is 71.7 cm³/mol. The number of hydrogen-bond donors (Lipinski definition) is 1. The van der Waals surface area contributed by atoms with Crippen LogP contribution in [0.15, 0.2) is 40.8 Å². The minimum absolute atomic E-state index is 0.143. The van der Waals surface area contributed by atoms with Crippen LogP contribution in [0.4, 0.5) is 4.39 Å². The van der Waals surface area contributed by atoms with Gasteiger partial charge in [0.05, 0.1) is 0 Å². The number of amides is 1. The fraction of sp³-hybridized carbons (Fsp3) is 0.133. The van der Waals surface area contributed by atoms with Gasteiger partial charge < -0.3 is 9.73 Å². The maximum Gasteiger partial charge on any atom is 0.251 e. The van der Waals surface area contributed by atoms with Crippen LogP contribution < -0.4 is 5.32 Å². The number of carbonyl (C=O) groups excluding carboxylic acids is 1. The van der Waals surface area contributed by atoms with Gasteiger partial charge >= 0.3 is 0 Å². The molecular weight excluding hydrogens is 245 g/mol. The smallest absolute Gasteiger partial charge is 0.251 e. The highest BCUT2D eigenvalue weighted by molar-refractivity contribution is 6.07. The molecule has 0 spiro atoms. The van der Waals surface area contributed by atoms with Crippen LogP contribution in [0, 0.1) is 5.82 Å². The number of nitrogens with one attached hydrogen (secondary N) is 1. The van der Waals surface area contributed by atoms with Crippen molar-refractivity contribution in [3.8, 4) is 0 Å². The van der Waals surface area contributed by atoms with Gasteiger partial charge in [-0.2, -0.15) is 0 Å². The number of furan rings is 1. The fourth-order valence-corrected chi connectivity index (χ4v) is 2.15. The number of fused-ring (bicyclic) bond motifs is 3. The molecule has 0 radical (unpaired) electrons. The van der Waals surface area contributed by atoms with E-state index in [2.05, 4.69) is 5.32 Å². The summed E-state index contributed by atoms with van der Waals surface area (Å²) >= 11 is 0. The Labute approximate surface area is 109 Å². The van der Waals surface area contributed by atoms with Crippen LogP contribution in [0.3, 0.4) is 0 Å². The summed E-state index contributed by atoms with van der Waals surface area (Å²) in [6.07, 6.45) is 0. The topological polar surface area (TPSA) is 42.2 Å². The first-order valence-corrected chi connectivity index (χ1v) is 6.09. The summed E-state index contributed by atoms with van der Waals surface area (Å²) in [5.74, 6) is -0.480. The van der Waals surface area contributed by atoms with E-state index in [-0.39, 0.29) is 11.7 Å². The van der Waals surface area contributed by atoms with E-state index >= 15 is 0 Å². The van der Waals surface area contributed by atoms with E-state index in [1.165, 1.54) is 12.1 Å². The lowest BCUT2D eigenvalue weighted by molar-refractivity contribution is 0.0956. The average molecular weight is 257 g/mol. The van der Waals surface area contributed by atoms with Crippen molar-refractivity contribution >= 4 is 27.8 Å². The second-order valence-electron chi connectivity index (χ2n) is 4.31. The zero-order chi connectivity index (χ0) is 13.4. The monoisotopic (exact) mass is 257 g/mol. The molecule has 1 N–H and O–H groups in total. The van der Waals surface area contributed by atoms with Crippen LogP contribution in [0.1, 0.15) is 17.3 Å². The number of halogens is 1. The zero-order valence-electron chi connectivity index (χ0n) is 10.4. The molecule has 0 aliphatic carbocycles. The molecule has 4 heteroatoms. The highest BCUT2D eigenvalue weighted by atomic mass is 19.1. The van der Waals surface area contributed by atoms with Gasteiger partial charge in [0.1, 0.15) is 17.0 Å². The summed E-state index contributed by atoms with van der Waals surface area (Å²) in [6.45, 7) is 2.43. The minimum atomic E-state index is -0.337. The van der Waals surface area contributed by atoms with E-state index in [0.29, 0.717) is 23.3 Å². The zero-order valence-corrected chi connectivity index (χ0v) is 10.4. The molecule has 3 rings (SSSR count). The van der Waals surface area contributed by atoms with Crippen molar-refractivity contribution in [2.24, 2.45) is 0 Å². The van der Waals surface area contributed by atoms with E-state index in [9.17, 15) is 9.18 Å². The van der Waals surface area contributed by atoms with Crippen molar-refractivity contribution in [2.45, 2.75) is 6.92 Å². The number of hydrogen-bond acceptors (Lipinski definition) is 2. The summed E-state index contributed by atoms with van der Waals surface area (Å²) in [4.78, 5) is 11.7. The SMILES string of the molecule is CCNC(=O)c1ccc2c(c1)oc1cc(F)ccc12. The molecule has 0 aliphatic heterocycles. The van der Waals surface area contributed by atoms with E-state index in [1.54, 1.807) is 18.2 Å². The molecule has 96 valence electrons. The number of benzene rings is 2. The largest absolute Gasteiger partial charge is 0.456 e. The van der Waals surface area contributed by atoms with E-state index in [1.807, 2.05) is 13.0 Å². The quantitative estimate of drug-likeness (QED) is 0.763. The Morgan fingerprint density at radius 2 is 1.84 bits per heavy atom. The highest BCUT2D eigenvalue weighted by Gasteiger charge is 2.11. The van der Waals surface area contributed by atoms with Gasteiger partial charge in [0.25, 0.3) is 5.91 Å². The first-order chi connectivity index (χ1) is 9.19. The minimum Gasteiger partial charge on any atom is -0.456 e. The normalized spacial score (nSPS) is 11.1. The molecule has 2 aromatic carbocycles. The number of carbonyl (C=O) groups is 1. The molecule has 0 aliphatic rings. The number of rotatable bonds is 2. The Balaban J connectivity index is 2.18. The van der Waals surface area contributed by atoms with Gasteiger partial charge in [-0.25, -0.2) is 4.39 Å². The molecule has 1 amide bonds. The van der Waals surface area contributed by atoms with Crippen molar-refractivity contribution in [1.82, 2.24) is 5.32 Å². The summed E-state index contributed by atoms with van der Waals surface area (Å²) in [7, 11) is 0. The van der Waals surface area contributed by atoms with Crippen molar-refractivity contribution < 1.29 is 13.6 Å². The molecule has 3 aromatic rings. The maximum atomic E-state index is 13.1. The van der Waals surface area contributed by atoms with Crippen molar-refractivity contribution in [2.75, 3.05) is 6.54 Å². The molecule has 0 saturated carbocycles. The van der Waals surface area contributed by atoms with Crippen LogP contribution in [0.2, 0.25) is 0 Å². The molecule has 1 aromatic heterocycles. The summed E-state index contributed by atoms with van der Waals surface area (Å²) in [6, 6.07) is 9.67. The molecular formula is C15H12FNO2.